The molecule has 0 unspecified atom stereocenters. The van der Waals surface area contributed by atoms with E-state index in [1.807, 2.05) is 60.9 Å². The van der Waals surface area contributed by atoms with Crippen LogP contribution in [0.4, 0.5) is 0 Å². The van der Waals surface area contributed by atoms with Crippen molar-refractivity contribution < 1.29 is 47.6 Å². The van der Waals surface area contributed by atoms with E-state index in [9.17, 15) is 19.2 Å². The van der Waals surface area contributed by atoms with Crippen LogP contribution in [0, 0.1) is 0 Å². The second kappa shape index (κ2) is 18.3. The summed E-state index contributed by atoms with van der Waals surface area (Å²) in [5.74, 6) is -2.99. The highest BCUT2D eigenvalue weighted by molar-refractivity contribution is 5.86. The molecule has 2 aromatic carbocycles. The third-order valence-corrected chi connectivity index (χ3v) is 9.15. The van der Waals surface area contributed by atoms with Gasteiger partial charge in [-0.1, -0.05) is 46.8 Å². The van der Waals surface area contributed by atoms with Crippen LogP contribution in [-0.4, -0.2) is 103 Å². The number of nitrogens with one attached hydrogen (secondary N) is 2. The normalized spacial score (nSPS) is 13.6. The van der Waals surface area contributed by atoms with Gasteiger partial charge in [-0.15, -0.1) is 10.2 Å². The van der Waals surface area contributed by atoms with Gasteiger partial charge in [0.1, 0.15) is 0 Å². The first kappa shape index (κ1) is 39.3. The van der Waals surface area contributed by atoms with Gasteiger partial charge in [0.25, 0.3) is 0 Å². The molecule has 0 spiro atoms. The van der Waals surface area contributed by atoms with Crippen molar-refractivity contribution in [2.45, 2.75) is 64.2 Å². The summed E-state index contributed by atoms with van der Waals surface area (Å²) in [6.07, 6.45) is 3.43. The highest BCUT2D eigenvalue weighted by atomic mass is 16.6. The molecule has 2 N–H and O–H groups in total. The lowest BCUT2D eigenvalue weighted by atomic mass is 10.0. The Balaban J connectivity index is 1.24. The molecule has 0 aliphatic carbocycles. The molecule has 0 fully saturated rings. The highest BCUT2D eigenvalue weighted by Crippen LogP contribution is 2.27. The van der Waals surface area contributed by atoms with E-state index in [4.69, 9.17) is 28.4 Å². The van der Waals surface area contributed by atoms with Gasteiger partial charge >= 0.3 is 23.9 Å². The first-order valence-electron chi connectivity index (χ1n) is 17.9. The molecule has 4 aromatic heterocycles. The largest absolute Gasteiger partial charge is 0.467 e. The summed E-state index contributed by atoms with van der Waals surface area (Å²) in [7, 11) is 2.54. The van der Waals surface area contributed by atoms with Gasteiger partial charge in [0.15, 0.2) is 24.3 Å². The Bertz CT molecular complexity index is 2120. The van der Waals surface area contributed by atoms with E-state index >= 15 is 0 Å². The van der Waals surface area contributed by atoms with Gasteiger partial charge in [-0.2, -0.15) is 0 Å². The minimum absolute atomic E-state index is 0.0336. The van der Waals surface area contributed by atoms with E-state index in [2.05, 4.69) is 30.6 Å². The number of esters is 4. The van der Waals surface area contributed by atoms with E-state index in [0.29, 0.717) is 0 Å². The van der Waals surface area contributed by atoms with Crippen molar-refractivity contribution in [3.05, 3.63) is 95.8 Å². The molecule has 0 radical (unpaired) electrons. The summed E-state index contributed by atoms with van der Waals surface area (Å²) in [4.78, 5) is 59.6. The second-order valence-corrected chi connectivity index (χ2v) is 12.5. The number of nitrogens with zero attached hydrogens (tertiary/aromatic N) is 6. The monoisotopic (exact) mass is 770 g/mol. The van der Waals surface area contributed by atoms with Gasteiger partial charge < -0.3 is 38.4 Å². The molecule has 18 heteroatoms. The molecule has 0 saturated carbocycles. The van der Waals surface area contributed by atoms with Crippen molar-refractivity contribution >= 4 is 45.7 Å². The fourth-order valence-corrected chi connectivity index (χ4v) is 6.45. The van der Waals surface area contributed by atoms with Crippen LogP contribution < -0.4 is 0 Å². The minimum Gasteiger partial charge on any atom is -0.467 e. The zero-order chi connectivity index (χ0) is 39.6. The lowest BCUT2D eigenvalue weighted by Crippen LogP contribution is -2.45. The number of carbonyl (C=O) groups is 4. The van der Waals surface area contributed by atoms with E-state index in [1.165, 1.54) is 36.0 Å². The molecular weight excluding hydrogens is 728 g/mol. The Morgan fingerprint density at radius 2 is 1.04 bits per heavy atom. The number of aromatic amines is 2. The van der Waals surface area contributed by atoms with E-state index in [0.717, 1.165) is 32.9 Å². The van der Waals surface area contributed by atoms with Gasteiger partial charge in [0.2, 0.25) is 0 Å². The Morgan fingerprint density at radius 1 is 0.625 bits per heavy atom. The van der Waals surface area contributed by atoms with Gasteiger partial charge in [-0.25, -0.2) is 28.5 Å². The molecule has 294 valence electrons. The van der Waals surface area contributed by atoms with Crippen molar-refractivity contribution in [2.75, 3.05) is 27.4 Å². The fourth-order valence-electron chi connectivity index (χ4n) is 6.45. The lowest BCUT2D eigenvalue weighted by Gasteiger charge is -2.25. The van der Waals surface area contributed by atoms with Crippen LogP contribution in [0.3, 0.4) is 0 Å². The number of ether oxygens (including phenoxy) is 6. The number of para-hydroxylation sites is 2. The molecule has 4 heterocycles. The zero-order valence-corrected chi connectivity index (χ0v) is 31.2. The molecule has 56 heavy (non-hydrogen) atoms. The second-order valence-electron chi connectivity index (χ2n) is 12.5. The third-order valence-electron chi connectivity index (χ3n) is 9.15. The summed E-state index contributed by atoms with van der Waals surface area (Å²) < 4.78 is 35.7. The Hall–Kier alpha value is -6.40. The van der Waals surface area contributed by atoms with Crippen molar-refractivity contribution in [3.63, 3.8) is 0 Å². The molecule has 0 saturated heterocycles. The summed E-state index contributed by atoms with van der Waals surface area (Å²) in [5.41, 5.74) is 4.04. The highest BCUT2D eigenvalue weighted by Gasteiger charge is 2.39. The molecular formula is C38H42N8O10. The van der Waals surface area contributed by atoms with Crippen LogP contribution in [0.1, 0.15) is 48.4 Å². The molecule has 6 aromatic rings. The van der Waals surface area contributed by atoms with Gasteiger partial charge in [0.05, 0.1) is 64.4 Å². The molecule has 0 aliphatic rings. The first-order chi connectivity index (χ1) is 27.3. The van der Waals surface area contributed by atoms with Crippen molar-refractivity contribution in [2.24, 2.45) is 0 Å². The van der Waals surface area contributed by atoms with Crippen LogP contribution in [0.5, 0.6) is 0 Å². The number of benzene rings is 2. The Morgan fingerprint density at radius 3 is 1.43 bits per heavy atom. The molecule has 6 rings (SSSR count). The van der Waals surface area contributed by atoms with Crippen LogP contribution in [0.15, 0.2) is 73.3 Å². The lowest BCUT2D eigenvalue weighted by molar-refractivity contribution is -0.186. The van der Waals surface area contributed by atoms with Crippen molar-refractivity contribution in [1.29, 1.82) is 0 Å². The smallest absolute Gasteiger partial charge is 0.338 e. The quantitative estimate of drug-likeness (QED) is 0.0893. The average molecular weight is 771 g/mol. The maximum Gasteiger partial charge on any atom is 0.338 e. The summed E-state index contributed by atoms with van der Waals surface area (Å²) in [6, 6.07) is 13.4. The first-order valence-corrected chi connectivity index (χ1v) is 17.9. The molecule has 0 bridgehead atoms. The van der Waals surface area contributed by atoms with E-state index in [-0.39, 0.29) is 50.7 Å². The number of hydrogen-bond acceptors (Lipinski definition) is 14. The summed E-state index contributed by atoms with van der Waals surface area (Å²) >= 11 is 0. The zero-order valence-electron chi connectivity index (χ0n) is 31.2. The topological polar surface area (TPSA) is 217 Å². The molecule has 18 nitrogen and oxygen atoms in total. The minimum atomic E-state index is -1.66. The summed E-state index contributed by atoms with van der Waals surface area (Å²) in [6.45, 7) is 2.43. The predicted molar refractivity (Wildman–Crippen MR) is 197 cm³/mol. The number of rotatable bonds is 19. The SMILES string of the molecule is CCOC(=O)[C@H](OCc1cnnn1[C@@H](Cc1c[nH]c2ccccc12)C(=O)OC)[C@@H](OCc1cnnn1[C@@H](Cc1c[nH]c2ccccc12)C(=O)OC)C(=O)OCC. The van der Waals surface area contributed by atoms with Crippen LogP contribution in [0.2, 0.25) is 0 Å². The van der Waals surface area contributed by atoms with Gasteiger partial charge in [0, 0.05) is 47.0 Å². The van der Waals surface area contributed by atoms with E-state index < -0.39 is 48.2 Å². The number of hydrogen-bond donors (Lipinski definition) is 2. The van der Waals surface area contributed by atoms with Crippen LogP contribution in [0.25, 0.3) is 21.8 Å². The Labute approximate surface area is 320 Å². The predicted octanol–water partition coefficient (Wildman–Crippen LogP) is 3.34. The summed E-state index contributed by atoms with van der Waals surface area (Å²) in [5, 5.41) is 18.2. The number of H-pyrrole nitrogens is 2. The van der Waals surface area contributed by atoms with Crippen molar-refractivity contribution in [3.8, 4) is 0 Å². The average Bonchev–Trinajstić information content (AvgIpc) is 4.04. The number of aromatic nitrogens is 8. The maximum atomic E-state index is 13.5. The van der Waals surface area contributed by atoms with E-state index in [1.54, 1.807) is 13.8 Å². The fraction of sp³-hybridized carbons (Fsp3) is 0.368. The van der Waals surface area contributed by atoms with Crippen LogP contribution in [-0.2, 0) is 73.7 Å². The van der Waals surface area contributed by atoms with Gasteiger partial charge in [-0.3, -0.25) is 0 Å². The molecule has 4 atom stereocenters. The van der Waals surface area contributed by atoms with Crippen molar-refractivity contribution in [1.82, 2.24) is 40.0 Å². The maximum absolute atomic E-state index is 13.5. The molecule has 0 amide bonds. The Kier molecular flexibility index (Phi) is 12.8. The number of methoxy groups -OCH3 is 2. The standard InChI is InChI=1S/C38H42N8O10/c1-5-53-37(49)33(55-21-25-19-41-43-45(25)31(35(47)51-3)15-23-17-39-29-13-9-7-11-27(23)29)34(38(50)54-6-2)56-22-26-20-42-44-46(26)32(36(48)52-4)16-24-18-40-30-14-10-8-12-28(24)30/h7-14,17-20,31-34,39-40H,5-6,15-16,21-22H2,1-4H3/t31-,32-,33+,34+/m0/s1. The van der Waals surface area contributed by atoms with Gasteiger partial charge in [-0.05, 0) is 37.1 Å². The molecule has 0 aliphatic heterocycles. The number of carbonyl (C=O) groups excluding carboxylic acids is 4. The number of fused-ring (bicyclic) bond motifs is 2. The van der Waals surface area contributed by atoms with Crippen LogP contribution >= 0.6 is 0 Å². The third kappa shape index (κ3) is 8.61.